The molecule has 1 atom stereocenters. The maximum Gasteiger partial charge on any atom is 0.240 e. The van der Waals surface area contributed by atoms with Crippen LogP contribution in [0.15, 0.2) is 53.4 Å². The molecule has 9 heteroatoms. The average Bonchev–Trinajstić information content (AvgIpc) is 2.88. The summed E-state index contributed by atoms with van der Waals surface area (Å²) >= 11 is 0. The lowest BCUT2D eigenvalue weighted by molar-refractivity contribution is -0.126. The van der Waals surface area contributed by atoms with Gasteiger partial charge in [-0.15, -0.1) is 0 Å². The molecule has 0 spiro atoms. The van der Waals surface area contributed by atoms with Crippen molar-refractivity contribution in [3.05, 3.63) is 54.1 Å². The molecule has 1 aliphatic carbocycles. The molecule has 37 heavy (non-hydrogen) atoms. The van der Waals surface area contributed by atoms with Crippen LogP contribution in [0, 0.1) is 11.8 Å². The van der Waals surface area contributed by atoms with Gasteiger partial charge in [0.2, 0.25) is 21.8 Å². The van der Waals surface area contributed by atoms with Gasteiger partial charge in [-0.1, -0.05) is 25.5 Å². The first-order chi connectivity index (χ1) is 17.7. The van der Waals surface area contributed by atoms with Crippen molar-refractivity contribution in [1.29, 1.82) is 0 Å². The maximum absolute atomic E-state index is 12.9. The van der Waals surface area contributed by atoms with Crippen LogP contribution in [0.4, 0.5) is 5.69 Å². The van der Waals surface area contributed by atoms with Crippen LogP contribution >= 0.6 is 0 Å². The molecular formula is C28H39N3O5S. The van der Waals surface area contributed by atoms with Gasteiger partial charge in [-0.2, -0.15) is 0 Å². The van der Waals surface area contributed by atoms with Crippen LogP contribution < -0.4 is 20.1 Å². The number of anilines is 1. The fraction of sp³-hybridized carbons (Fsp3) is 0.500. The molecule has 8 nitrogen and oxygen atoms in total. The second-order valence-corrected chi connectivity index (χ2v) is 11.5. The fourth-order valence-electron chi connectivity index (χ4n) is 4.46. The van der Waals surface area contributed by atoms with Gasteiger partial charge >= 0.3 is 0 Å². The molecule has 1 aliphatic rings. The first-order valence-corrected chi connectivity index (χ1v) is 14.6. The van der Waals surface area contributed by atoms with Gasteiger partial charge in [-0.3, -0.25) is 9.59 Å². The van der Waals surface area contributed by atoms with E-state index in [9.17, 15) is 18.0 Å². The third-order valence-corrected chi connectivity index (χ3v) is 8.21. The first-order valence-electron chi connectivity index (χ1n) is 13.1. The summed E-state index contributed by atoms with van der Waals surface area (Å²) in [5, 5.41) is 5.75. The molecule has 3 rings (SSSR count). The van der Waals surface area contributed by atoms with Gasteiger partial charge in [-0.25, -0.2) is 13.1 Å². The van der Waals surface area contributed by atoms with Crippen molar-refractivity contribution in [2.45, 2.75) is 70.2 Å². The third kappa shape index (κ3) is 8.86. The summed E-state index contributed by atoms with van der Waals surface area (Å²) in [5.74, 6) is 0.804. The highest BCUT2D eigenvalue weighted by Gasteiger charge is 2.28. The number of unbranched alkanes of at least 4 members (excludes halogenated alkanes) is 1. The average molecular weight is 530 g/mol. The summed E-state index contributed by atoms with van der Waals surface area (Å²) in [5.41, 5.74) is 1.58. The van der Waals surface area contributed by atoms with Crippen LogP contribution in [0.5, 0.6) is 5.75 Å². The van der Waals surface area contributed by atoms with Crippen molar-refractivity contribution in [3.63, 3.8) is 0 Å². The topological polar surface area (TPSA) is 114 Å². The number of nitrogens with one attached hydrogen (secondary N) is 3. The molecule has 0 heterocycles. The van der Waals surface area contributed by atoms with Crippen LogP contribution in [0.1, 0.15) is 70.9 Å². The van der Waals surface area contributed by atoms with E-state index in [1.54, 1.807) is 12.1 Å². The molecule has 0 aliphatic heterocycles. The molecule has 1 saturated carbocycles. The van der Waals surface area contributed by atoms with E-state index >= 15 is 0 Å². The Morgan fingerprint density at radius 3 is 2.24 bits per heavy atom. The number of benzene rings is 2. The van der Waals surface area contributed by atoms with E-state index in [0.29, 0.717) is 18.8 Å². The van der Waals surface area contributed by atoms with Gasteiger partial charge in [0.15, 0.2) is 0 Å². The third-order valence-electron chi connectivity index (χ3n) is 6.77. The largest absolute Gasteiger partial charge is 0.494 e. The fourth-order valence-corrected chi connectivity index (χ4v) is 5.58. The number of carbonyl (C=O) groups excluding carboxylic acids is 2. The highest BCUT2D eigenvalue weighted by Crippen LogP contribution is 2.30. The summed E-state index contributed by atoms with van der Waals surface area (Å²) in [6, 6.07) is 13.8. The van der Waals surface area contributed by atoms with Gasteiger partial charge in [0, 0.05) is 25.1 Å². The van der Waals surface area contributed by atoms with E-state index in [1.165, 1.54) is 19.1 Å². The molecule has 0 bridgehead atoms. The predicted molar refractivity (Wildman–Crippen MR) is 145 cm³/mol. The number of ether oxygens (including phenoxy) is 1. The lowest BCUT2D eigenvalue weighted by Gasteiger charge is -2.29. The summed E-state index contributed by atoms with van der Waals surface area (Å²) in [4.78, 5) is 24.1. The van der Waals surface area contributed by atoms with E-state index in [2.05, 4.69) is 22.3 Å². The van der Waals surface area contributed by atoms with Crippen molar-refractivity contribution >= 4 is 27.5 Å². The Bertz CT molecular complexity index is 1130. The Morgan fingerprint density at radius 1 is 1.00 bits per heavy atom. The first kappa shape index (κ1) is 28.7. The quantitative estimate of drug-likeness (QED) is 0.342. The van der Waals surface area contributed by atoms with E-state index < -0.39 is 10.0 Å². The zero-order valence-corrected chi connectivity index (χ0v) is 22.8. The highest BCUT2D eigenvalue weighted by atomic mass is 32.2. The van der Waals surface area contributed by atoms with Crippen molar-refractivity contribution in [2.24, 2.45) is 11.8 Å². The monoisotopic (exact) mass is 529 g/mol. The molecule has 3 N–H and O–H groups in total. The number of sulfonamides is 1. The minimum Gasteiger partial charge on any atom is -0.494 e. The van der Waals surface area contributed by atoms with Gasteiger partial charge in [0.05, 0.1) is 17.5 Å². The van der Waals surface area contributed by atoms with Crippen LogP contribution in [0.25, 0.3) is 0 Å². The molecule has 0 saturated heterocycles. The van der Waals surface area contributed by atoms with Gasteiger partial charge in [0.1, 0.15) is 5.75 Å². The molecule has 2 amide bonds. The molecule has 1 fully saturated rings. The van der Waals surface area contributed by atoms with Crippen molar-refractivity contribution in [1.82, 2.24) is 10.0 Å². The number of carbonyl (C=O) groups is 2. The van der Waals surface area contributed by atoms with E-state index in [-0.39, 0.29) is 34.6 Å². The van der Waals surface area contributed by atoms with Crippen LogP contribution in [-0.4, -0.2) is 33.4 Å². The normalized spacial score (nSPS) is 18.6. The summed E-state index contributed by atoms with van der Waals surface area (Å²) in [7, 11) is -3.64. The molecule has 202 valence electrons. The standard InChI is InChI=1S/C28H39N3O5S/c1-4-5-18-36-26-14-10-23(11-15-26)20(2)30-28(33)24-8-6-22(7-9-24)19-29-37(34,35)27-16-12-25(13-17-27)31-21(3)32/h10-17,20,22,24,29H,4-9,18-19H2,1-3H3,(H,30,33)(H,31,32). The Balaban J connectivity index is 1.42. The van der Waals surface area contributed by atoms with E-state index in [0.717, 1.165) is 49.8 Å². The lowest BCUT2D eigenvalue weighted by Crippen LogP contribution is -2.37. The SMILES string of the molecule is CCCCOc1ccc(C(C)NC(=O)C2CCC(CNS(=O)(=O)c3ccc(NC(C)=O)cc3)CC2)cc1. The zero-order valence-electron chi connectivity index (χ0n) is 22.0. The summed E-state index contributed by atoms with van der Waals surface area (Å²) in [6.45, 7) is 6.55. The smallest absolute Gasteiger partial charge is 0.240 e. The molecule has 0 radical (unpaired) electrons. The number of hydrogen-bond donors (Lipinski definition) is 3. The Kier molecular flexibility index (Phi) is 10.5. The van der Waals surface area contributed by atoms with E-state index in [4.69, 9.17) is 4.74 Å². The summed E-state index contributed by atoms with van der Waals surface area (Å²) in [6.07, 6.45) is 5.17. The van der Waals surface area contributed by atoms with Gasteiger partial charge in [-0.05, 0) is 86.9 Å². The second kappa shape index (κ2) is 13.6. The minimum atomic E-state index is -3.64. The Morgan fingerprint density at radius 2 is 1.65 bits per heavy atom. The Hall–Kier alpha value is -2.91. The summed E-state index contributed by atoms with van der Waals surface area (Å²) < 4.78 is 33.7. The van der Waals surface area contributed by atoms with Crippen molar-refractivity contribution in [2.75, 3.05) is 18.5 Å². The number of rotatable bonds is 12. The number of amides is 2. The van der Waals surface area contributed by atoms with Gasteiger partial charge < -0.3 is 15.4 Å². The van der Waals surface area contributed by atoms with Crippen LogP contribution in [-0.2, 0) is 19.6 Å². The van der Waals surface area contributed by atoms with Crippen molar-refractivity contribution < 1.29 is 22.7 Å². The van der Waals surface area contributed by atoms with Crippen molar-refractivity contribution in [3.8, 4) is 5.75 Å². The Labute approximate surface area is 220 Å². The maximum atomic E-state index is 12.9. The van der Waals surface area contributed by atoms with Crippen LogP contribution in [0.2, 0.25) is 0 Å². The molecule has 1 unspecified atom stereocenters. The van der Waals surface area contributed by atoms with Gasteiger partial charge in [0.25, 0.3) is 0 Å². The van der Waals surface area contributed by atoms with E-state index in [1.807, 2.05) is 31.2 Å². The molecular weight excluding hydrogens is 490 g/mol. The predicted octanol–water partition coefficient (Wildman–Crippen LogP) is 4.79. The zero-order chi connectivity index (χ0) is 26.8. The minimum absolute atomic E-state index is 0.0501. The molecule has 0 aromatic heterocycles. The molecule has 2 aromatic carbocycles. The second-order valence-electron chi connectivity index (χ2n) is 9.78. The molecule has 2 aromatic rings. The van der Waals surface area contributed by atoms with Crippen LogP contribution in [0.3, 0.4) is 0 Å². The highest BCUT2D eigenvalue weighted by molar-refractivity contribution is 7.89. The lowest BCUT2D eigenvalue weighted by atomic mass is 9.81. The number of hydrogen-bond acceptors (Lipinski definition) is 5.